The number of rotatable bonds is 1. The molecule has 0 fully saturated rings. The Morgan fingerprint density at radius 1 is 0.923 bits per heavy atom. The molecule has 0 atom stereocenters. The molecule has 0 saturated carbocycles. The van der Waals surface area contributed by atoms with Crippen molar-refractivity contribution in [2.45, 2.75) is 0 Å². The predicted octanol–water partition coefficient (Wildman–Crippen LogP) is 4.97. The van der Waals surface area contributed by atoms with Crippen LogP contribution in [0.5, 0.6) is 0 Å². The number of hydrogen-bond donors (Lipinski definition) is 1. The Kier molecular flexibility index (Phi) is 2.97. The van der Waals surface area contributed by atoms with E-state index in [2.05, 4.69) is 4.98 Å². The lowest BCUT2D eigenvalue weighted by Gasteiger charge is -2.04. The molecule has 5 rings (SSSR count). The minimum absolute atomic E-state index is 0.0621. The molecule has 3 aromatic carbocycles. The maximum atomic E-state index is 12.6. The zero-order chi connectivity index (χ0) is 17.7. The summed E-state index contributed by atoms with van der Waals surface area (Å²) in [6.45, 7) is 0. The van der Waals surface area contributed by atoms with E-state index in [1.165, 1.54) is 0 Å². The normalized spacial score (nSPS) is 11.2. The summed E-state index contributed by atoms with van der Waals surface area (Å²) in [6, 6.07) is 23.3. The Balaban J connectivity index is 2.06. The molecule has 0 bridgehead atoms. The number of hydrogen-bond acceptors (Lipinski definition) is 3. The third kappa shape index (κ3) is 1.92. The fraction of sp³-hybridized carbons (Fsp3) is 0. The highest BCUT2D eigenvalue weighted by molar-refractivity contribution is 6.19. The van der Waals surface area contributed by atoms with Crippen molar-refractivity contribution < 1.29 is 4.42 Å². The standard InChI is InChI=1S/C22H12N2O2/c23-12-16-18(14-7-2-1-3-8-14)21-20(24-22(16)25)19-15-9-5-4-6-13(15)10-11-17(19)26-21/h1-11H,(H,24,25). The first kappa shape index (κ1) is 14.5. The molecule has 4 heteroatoms. The Bertz CT molecular complexity index is 1400. The Morgan fingerprint density at radius 3 is 2.50 bits per heavy atom. The molecule has 2 aromatic heterocycles. The summed E-state index contributed by atoms with van der Waals surface area (Å²) in [6.07, 6.45) is 0. The number of benzene rings is 3. The third-order valence-electron chi connectivity index (χ3n) is 4.70. The minimum Gasteiger partial charge on any atom is -0.454 e. The van der Waals surface area contributed by atoms with E-state index in [1.54, 1.807) is 0 Å². The van der Waals surface area contributed by atoms with Gasteiger partial charge in [0.15, 0.2) is 5.58 Å². The van der Waals surface area contributed by atoms with Gasteiger partial charge >= 0.3 is 0 Å². The van der Waals surface area contributed by atoms with Gasteiger partial charge in [-0.05, 0) is 22.4 Å². The van der Waals surface area contributed by atoms with Crippen LogP contribution in [-0.2, 0) is 0 Å². The second kappa shape index (κ2) is 5.33. The Labute approximate surface area is 147 Å². The van der Waals surface area contributed by atoms with Crippen LogP contribution in [0.2, 0.25) is 0 Å². The van der Waals surface area contributed by atoms with E-state index in [-0.39, 0.29) is 5.56 Å². The summed E-state index contributed by atoms with van der Waals surface area (Å²) in [7, 11) is 0. The zero-order valence-electron chi connectivity index (χ0n) is 13.6. The molecule has 0 radical (unpaired) electrons. The Morgan fingerprint density at radius 2 is 1.69 bits per heavy atom. The molecule has 2 heterocycles. The van der Waals surface area contributed by atoms with Gasteiger partial charge in [-0.3, -0.25) is 4.79 Å². The van der Waals surface area contributed by atoms with Crippen LogP contribution in [0.4, 0.5) is 0 Å². The van der Waals surface area contributed by atoms with Gasteiger partial charge in [0.05, 0.1) is 16.5 Å². The molecule has 26 heavy (non-hydrogen) atoms. The van der Waals surface area contributed by atoms with Gasteiger partial charge in [-0.15, -0.1) is 0 Å². The van der Waals surface area contributed by atoms with Crippen molar-refractivity contribution in [3.63, 3.8) is 0 Å². The SMILES string of the molecule is N#Cc1c(-c2ccccc2)c2oc3ccc4ccccc4c3c2[nH]c1=O. The van der Waals surface area contributed by atoms with Gasteiger partial charge in [0.1, 0.15) is 17.2 Å². The van der Waals surface area contributed by atoms with Gasteiger partial charge in [-0.2, -0.15) is 5.26 Å². The number of H-pyrrole nitrogens is 1. The van der Waals surface area contributed by atoms with Crippen LogP contribution in [0.3, 0.4) is 0 Å². The van der Waals surface area contributed by atoms with E-state index in [9.17, 15) is 10.1 Å². The van der Waals surface area contributed by atoms with Crippen molar-refractivity contribution >= 4 is 32.8 Å². The average Bonchev–Trinajstić information content (AvgIpc) is 3.06. The molecule has 0 amide bonds. The molecule has 0 aliphatic rings. The van der Waals surface area contributed by atoms with Crippen LogP contribution in [0, 0.1) is 11.3 Å². The van der Waals surface area contributed by atoms with Crippen LogP contribution in [0.1, 0.15) is 5.56 Å². The van der Waals surface area contributed by atoms with Gasteiger partial charge in [0.2, 0.25) is 0 Å². The second-order valence-corrected chi connectivity index (χ2v) is 6.15. The molecule has 0 spiro atoms. The molecule has 5 aromatic rings. The molecular formula is C22H12N2O2. The van der Waals surface area contributed by atoms with Crippen molar-refractivity contribution in [2.75, 3.05) is 0 Å². The summed E-state index contributed by atoms with van der Waals surface area (Å²) < 4.78 is 6.12. The molecular weight excluding hydrogens is 324 g/mol. The second-order valence-electron chi connectivity index (χ2n) is 6.15. The number of furan rings is 1. The monoisotopic (exact) mass is 336 g/mol. The molecule has 1 N–H and O–H groups in total. The summed E-state index contributed by atoms with van der Waals surface area (Å²) in [5.74, 6) is 0. The number of nitriles is 1. The zero-order valence-corrected chi connectivity index (χ0v) is 13.6. The summed E-state index contributed by atoms with van der Waals surface area (Å²) in [5.41, 5.74) is 2.80. The van der Waals surface area contributed by atoms with E-state index in [0.29, 0.717) is 22.2 Å². The predicted molar refractivity (Wildman–Crippen MR) is 102 cm³/mol. The van der Waals surface area contributed by atoms with E-state index in [1.807, 2.05) is 72.8 Å². The fourth-order valence-electron chi connectivity index (χ4n) is 3.55. The van der Waals surface area contributed by atoms with Gasteiger partial charge < -0.3 is 9.40 Å². The summed E-state index contributed by atoms with van der Waals surface area (Å²) >= 11 is 0. The van der Waals surface area contributed by atoms with E-state index >= 15 is 0 Å². The number of aromatic nitrogens is 1. The Hall–Kier alpha value is -3.84. The van der Waals surface area contributed by atoms with Crippen LogP contribution < -0.4 is 5.56 Å². The van der Waals surface area contributed by atoms with Gasteiger partial charge in [-0.25, -0.2) is 0 Å². The largest absolute Gasteiger partial charge is 0.454 e. The quantitative estimate of drug-likeness (QED) is 0.470. The lowest BCUT2D eigenvalue weighted by atomic mass is 9.99. The van der Waals surface area contributed by atoms with Gasteiger partial charge in [-0.1, -0.05) is 60.7 Å². The highest BCUT2D eigenvalue weighted by Gasteiger charge is 2.20. The van der Waals surface area contributed by atoms with Crippen molar-refractivity contribution in [3.8, 4) is 17.2 Å². The van der Waals surface area contributed by atoms with Crippen LogP contribution in [0.25, 0.3) is 44.0 Å². The first-order valence-corrected chi connectivity index (χ1v) is 8.23. The lowest BCUT2D eigenvalue weighted by molar-refractivity contribution is 0.669. The maximum Gasteiger partial charge on any atom is 0.267 e. The number of nitrogens with one attached hydrogen (secondary N) is 1. The van der Waals surface area contributed by atoms with E-state index in [4.69, 9.17) is 4.42 Å². The van der Waals surface area contributed by atoms with Crippen molar-refractivity contribution in [1.29, 1.82) is 5.26 Å². The van der Waals surface area contributed by atoms with Gasteiger partial charge in [0.25, 0.3) is 5.56 Å². The summed E-state index contributed by atoms with van der Waals surface area (Å²) in [5, 5.41) is 12.5. The number of fused-ring (bicyclic) bond motifs is 5. The fourth-order valence-corrected chi connectivity index (χ4v) is 3.55. The van der Waals surface area contributed by atoms with Crippen LogP contribution in [0.15, 0.2) is 75.9 Å². The molecule has 0 aliphatic heterocycles. The topological polar surface area (TPSA) is 69.8 Å². The number of pyridine rings is 1. The highest BCUT2D eigenvalue weighted by atomic mass is 16.3. The lowest BCUT2D eigenvalue weighted by Crippen LogP contribution is -2.11. The molecule has 122 valence electrons. The van der Waals surface area contributed by atoms with Crippen molar-refractivity contribution in [2.24, 2.45) is 0 Å². The van der Waals surface area contributed by atoms with E-state index in [0.717, 1.165) is 21.7 Å². The highest BCUT2D eigenvalue weighted by Crippen LogP contribution is 2.38. The first-order valence-electron chi connectivity index (χ1n) is 8.23. The molecule has 0 saturated heterocycles. The van der Waals surface area contributed by atoms with Crippen molar-refractivity contribution in [3.05, 3.63) is 82.6 Å². The smallest absolute Gasteiger partial charge is 0.267 e. The number of nitrogens with zero attached hydrogens (tertiary/aromatic N) is 1. The van der Waals surface area contributed by atoms with Crippen LogP contribution >= 0.6 is 0 Å². The number of aromatic amines is 1. The van der Waals surface area contributed by atoms with Crippen molar-refractivity contribution in [1.82, 2.24) is 4.98 Å². The molecule has 0 aliphatic carbocycles. The average molecular weight is 336 g/mol. The van der Waals surface area contributed by atoms with Crippen LogP contribution in [-0.4, -0.2) is 4.98 Å². The maximum absolute atomic E-state index is 12.6. The van der Waals surface area contributed by atoms with E-state index < -0.39 is 5.56 Å². The molecule has 4 nitrogen and oxygen atoms in total. The summed E-state index contributed by atoms with van der Waals surface area (Å²) in [4.78, 5) is 15.5. The first-order chi connectivity index (χ1) is 12.8. The minimum atomic E-state index is -0.408. The van der Waals surface area contributed by atoms with Gasteiger partial charge in [0, 0.05) is 0 Å². The third-order valence-corrected chi connectivity index (χ3v) is 4.70. The molecule has 0 unspecified atom stereocenters.